The highest BCUT2D eigenvalue weighted by molar-refractivity contribution is 7.99. The number of aromatic nitrogens is 2. The van der Waals surface area contributed by atoms with E-state index < -0.39 is 4.92 Å². The number of nitrogens with one attached hydrogen (secondary N) is 1. The minimum atomic E-state index is -0.472. The third-order valence-electron chi connectivity index (χ3n) is 4.02. The Morgan fingerprint density at radius 1 is 0.833 bits per heavy atom. The number of hydrogen-bond donors (Lipinski definition) is 1. The highest BCUT2D eigenvalue weighted by Crippen LogP contribution is 2.37. The van der Waals surface area contributed by atoms with Gasteiger partial charge in [-0.2, -0.15) is 0 Å². The molecular weight excluding hydrogens is 400 g/mol. The Morgan fingerprint density at radius 2 is 1.47 bits per heavy atom. The van der Waals surface area contributed by atoms with Gasteiger partial charge in [0.15, 0.2) is 5.03 Å². The molecule has 0 radical (unpaired) electrons. The summed E-state index contributed by atoms with van der Waals surface area (Å²) in [5.74, 6) is 1.52. The molecule has 4 rings (SSSR count). The maximum atomic E-state index is 11.7. The summed E-state index contributed by atoms with van der Waals surface area (Å²) in [6.07, 6.45) is 1.31. The summed E-state index contributed by atoms with van der Waals surface area (Å²) in [4.78, 5) is 20.3. The Bertz CT molecular complexity index is 1140. The molecule has 0 bridgehead atoms. The quantitative estimate of drug-likeness (QED) is 0.222. The topological polar surface area (TPSA) is 90.2 Å². The van der Waals surface area contributed by atoms with Gasteiger partial charge in [0, 0.05) is 10.6 Å². The van der Waals surface area contributed by atoms with E-state index in [0.29, 0.717) is 11.4 Å². The van der Waals surface area contributed by atoms with E-state index >= 15 is 0 Å². The van der Waals surface area contributed by atoms with Gasteiger partial charge in [-0.1, -0.05) is 48.2 Å². The molecule has 0 spiro atoms. The predicted octanol–water partition coefficient (Wildman–Crippen LogP) is 6.07. The van der Waals surface area contributed by atoms with Gasteiger partial charge < -0.3 is 10.1 Å². The van der Waals surface area contributed by atoms with E-state index in [2.05, 4.69) is 15.3 Å². The van der Waals surface area contributed by atoms with E-state index in [4.69, 9.17) is 4.74 Å². The van der Waals surface area contributed by atoms with E-state index in [1.165, 1.54) is 18.1 Å². The van der Waals surface area contributed by atoms with Gasteiger partial charge >= 0.3 is 5.69 Å². The molecule has 0 atom stereocenters. The van der Waals surface area contributed by atoms with Crippen molar-refractivity contribution in [3.8, 4) is 11.5 Å². The fourth-order valence-electron chi connectivity index (χ4n) is 2.66. The van der Waals surface area contributed by atoms with Crippen LogP contribution in [-0.2, 0) is 0 Å². The van der Waals surface area contributed by atoms with Crippen LogP contribution < -0.4 is 10.1 Å². The number of nitro groups is 1. The van der Waals surface area contributed by atoms with Crippen molar-refractivity contribution in [2.45, 2.75) is 9.92 Å². The van der Waals surface area contributed by atoms with Gasteiger partial charge in [0.2, 0.25) is 5.82 Å². The third kappa shape index (κ3) is 4.73. The number of rotatable bonds is 7. The summed E-state index contributed by atoms with van der Waals surface area (Å²) >= 11 is 1.22. The molecule has 0 aliphatic carbocycles. The normalized spacial score (nSPS) is 10.4. The van der Waals surface area contributed by atoms with Crippen LogP contribution in [0.1, 0.15) is 0 Å². The van der Waals surface area contributed by atoms with Crippen molar-refractivity contribution < 1.29 is 9.66 Å². The highest BCUT2D eigenvalue weighted by Gasteiger charge is 2.24. The molecule has 0 amide bonds. The van der Waals surface area contributed by atoms with Crippen LogP contribution in [0.15, 0.2) is 101 Å². The van der Waals surface area contributed by atoms with Crippen molar-refractivity contribution in [3.05, 3.63) is 101 Å². The minimum absolute atomic E-state index is 0.130. The van der Waals surface area contributed by atoms with Gasteiger partial charge in [0.25, 0.3) is 0 Å². The number of benzene rings is 3. The molecule has 0 saturated heterocycles. The molecule has 1 aromatic heterocycles. The molecular formula is C22H16N4O3S. The molecule has 0 unspecified atom stereocenters. The van der Waals surface area contributed by atoms with Crippen molar-refractivity contribution in [2.75, 3.05) is 5.32 Å². The van der Waals surface area contributed by atoms with Crippen LogP contribution >= 0.6 is 11.8 Å². The molecule has 0 saturated carbocycles. The van der Waals surface area contributed by atoms with Crippen LogP contribution in [0.5, 0.6) is 11.5 Å². The van der Waals surface area contributed by atoms with E-state index in [0.717, 1.165) is 10.6 Å². The SMILES string of the molecule is O=[N+]([O-])c1c(Nc2ccc(Oc3ccccc3)cc2)ncnc1Sc1ccccc1. The predicted molar refractivity (Wildman–Crippen MR) is 115 cm³/mol. The zero-order valence-corrected chi connectivity index (χ0v) is 16.5. The molecule has 1 N–H and O–H groups in total. The van der Waals surface area contributed by atoms with E-state index in [1.54, 1.807) is 24.3 Å². The maximum Gasteiger partial charge on any atom is 0.343 e. The van der Waals surface area contributed by atoms with Crippen molar-refractivity contribution in [3.63, 3.8) is 0 Å². The average molecular weight is 416 g/mol. The fraction of sp³-hybridized carbons (Fsp3) is 0. The number of hydrogen-bond acceptors (Lipinski definition) is 7. The fourth-order valence-corrected chi connectivity index (χ4v) is 3.55. The highest BCUT2D eigenvalue weighted by atomic mass is 32.2. The molecule has 30 heavy (non-hydrogen) atoms. The first-order valence-corrected chi connectivity index (χ1v) is 9.83. The summed E-state index contributed by atoms with van der Waals surface area (Å²) in [5, 5.41) is 15.0. The molecule has 0 aliphatic rings. The van der Waals surface area contributed by atoms with Gasteiger partial charge in [-0.3, -0.25) is 10.1 Å². The second-order valence-corrected chi connectivity index (χ2v) is 7.17. The lowest BCUT2D eigenvalue weighted by atomic mass is 10.3. The van der Waals surface area contributed by atoms with Crippen LogP contribution in [0.3, 0.4) is 0 Å². The Hall–Kier alpha value is -3.91. The number of para-hydroxylation sites is 1. The van der Waals surface area contributed by atoms with Crippen LogP contribution in [0, 0.1) is 10.1 Å². The van der Waals surface area contributed by atoms with Gasteiger partial charge in [0.05, 0.1) is 4.92 Å². The van der Waals surface area contributed by atoms with Crippen LogP contribution in [-0.4, -0.2) is 14.9 Å². The summed E-state index contributed by atoms with van der Waals surface area (Å²) in [6, 6.07) is 25.9. The molecule has 0 fully saturated rings. The third-order valence-corrected chi connectivity index (χ3v) is 5.02. The summed E-state index contributed by atoms with van der Waals surface area (Å²) in [6.45, 7) is 0. The Labute approximate surface area is 176 Å². The Morgan fingerprint density at radius 3 is 2.13 bits per heavy atom. The van der Waals surface area contributed by atoms with Crippen molar-refractivity contribution >= 4 is 29.0 Å². The molecule has 8 heteroatoms. The second-order valence-electron chi connectivity index (χ2n) is 6.11. The lowest BCUT2D eigenvalue weighted by molar-refractivity contribution is -0.387. The summed E-state index contributed by atoms with van der Waals surface area (Å²) in [7, 11) is 0. The van der Waals surface area contributed by atoms with E-state index in [-0.39, 0.29) is 16.5 Å². The molecule has 4 aromatic rings. The molecule has 148 valence electrons. The van der Waals surface area contributed by atoms with Gasteiger partial charge in [0.1, 0.15) is 17.8 Å². The zero-order chi connectivity index (χ0) is 20.8. The van der Waals surface area contributed by atoms with Crippen LogP contribution in [0.4, 0.5) is 17.2 Å². The standard InChI is InChI=1S/C22H16N4O3S/c27-26(28)20-21(23-15-24-22(20)30-19-9-5-2-6-10-19)25-16-11-13-18(14-12-16)29-17-7-3-1-4-8-17/h1-15H,(H,23,24,25). The first kappa shape index (κ1) is 19.4. The lowest BCUT2D eigenvalue weighted by Gasteiger charge is -2.10. The van der Waals surface area contributed by atoms with E-state index in [9.17, 15) is 10.1 Å². The first-order valence-electron chi connectivity index (χ1n) is 9.01. The Kier molecular flexibility index (Phi) is 5.86. The summed E-state index contributed by atoms with van der Waals surface area (Å²) < 4.78 is 5.77. The van der Waals surface area contributed by atoms with E-state index in [1.807, 2.05) is 60.7 Å². The average Bonchev–Trinajstić information content (AvgIpc) is 2.76. The molecule has 7 nitrogen and oxygen atoms in total. The molecule has 1 heterocycles. The lowest BCUT2D eigenvalue weighted by Crippen LogP contribution is -2.02. The van der Waals surface area contributed by atoms with Crippen molar-refractivity contribution in [1.82, 2.24) is 9.97 Å². The number of ether oxygens (including phenoxy) is 1. The number of nitrogens with zero attached hydrogens (tertiary/aromatic N) is 3. The largest absolute Gasteiger partial charge is 0.457 e. The summed E-state index contributed by atoms with van der Waals surface area (Å²) in [5.41, 5.74) is 0.476. The van der Waals surface area contributed by atoms with Gasteiger partial charge in [-0.25, -0.2) is 9.97 Å². The van der Waals surface area contributed by atoms with Gasteiger partial charge in [-0.05, 0) is 48.5 Å². The second kappa shape index (κ2) is 9.06. The maximum absolute atomic E-state index is 11.7. The smallest absolute Gasteiger partial charge is 0.343 e. The van der Waals surface area contributed by atoms with Crippen molar-refractivity contribution in [1.29, 1.82) is 0 Å². The van der Waals surface area contributed by atoms with Gasteiger partial charge in [-0.15, -0.1) is 0 Å². The monoisotopic (exact) mass is 416 g/mol. The van der Waals surface area contributed by atoms with Crippen LogP contribution in [0.2, 0.25) is 0 Å². The zero-order valence-electron chi connectivity index (χ0n) is 15.6. The first-order chi connectivity index (χ1) is 14.7. The molecule has 3 aromatic carbocycles. The number of anilines is 2. The van der Waals surface area contributed by atoms with Crippen molar-refractivity contribution in [2.24, 2.45) is 0 Å². The molecule has 0 aliphatic heterocycles. The minimum Gasteiger partial charge on any atom is -0.457 e. The van der Waals surface area contributed by atoms with Crippen LogP contribution in [0.25, 0.3) is 0 Å². The Balaban J connectivity index is 1.55.